The number of aryl methyl sites for hydroxylation is 1. The van der Waals surface area contributed by atoms with Crippen molar-refractivity contribution in [3.63, 3.8) is 0 Å². The van der Waals surface area contributed by atoms with Gasteiger partial charge in [-0.2, -0.15) is 5.10 Å². The summed E-state index contributed by atoms with van der Waals surface area (Å²) in [5, 5.41) is 4.53. The molecule has 2 fully saturated rings. The first-order chi connectivity index (χ1) is 13.6. The highest BCUT2D eigenvalue weighted by Gasteiger charge is 2.27. The minimum absolute atomic E-state index is 0.0386. The third-order valence-electron chi connectivity index (χ3n) is 5.58. The van der Waals surface area contributed by atoms with E-state index in [9.17, 15) is 9.59 Å². The van der Waals surface area contributed by atoms with Gasteiger partial charge in [0.25, 0.3) is 5.91 Å². The largest absolute Gasteiger partial charge is 0.342 e. The summed E-state index contributed by atoms with van der Waals surface area (Å²) >= 11 is 0. The molecular formula is C21H27N5O2. The van der Waals surface area contributed by atoms with Gasteiger partial charge < -0.3 is 9.80 Å². The van der Waals surface area contributed by atoms with E-state index < -0.39 is 0 Å². The van der Waals surface area contributed by atoms with Gasteiger partial charge in [-0.1, -0.05) is 18.2 Å². The number of benzene rings is 1. The van der Waals surface area contributed by atoms with Crippen LogP contribution in [-0.4, -0.2) is 82.1 Å². The average molecular weight is 381 g/mol. The molecule has 3 heterocycles. The van der Waals surface area contributed by atoms with Crippen LogP contribution in [0.3, 0.4) is 0 Å². The SMILES string of the molecule is Cc1cc(C(=O)N2CCN(CC(=O)N3CCCC3)CC2)nn1-c1ccccc1. The number of hydrogen-bond acceptors (Lipinski definition) is 4. The maximum absolute atomic E-state index is 12.9. The molecule has 2 saturated heterocycles. The number of para-hydroxylation sites is 1. The zero-order valence-electron chi connectivity index (χ0n) is 16.4. The molecule has 1 aromatic carbocycles. The van der Waals surface area contributed by atoms with Crippen LogP contribution in [0.2, 0.25) is 0 Å². The molecule has 0 atom stereocenters. The molecule has 0 N–H and O–H groups in total. The molecule has 148 valence electrons. The van der Waals surface area contributed by atoms with Gasteiger partial charge in [-0.25, -0.2) is 4.68 Å². The fraction of sp³-hybridized carbons (Fsp3) is 0.476. The van der Waals surface area contributed by atoms with Crippen molar-refractivity contribution in [1.29, 1.82) is 0 Å². The first kappa shape index (κ1) is 18.7. The predicted molar refractivity (Wildman–Crippen MR) is 106 cm³/mol. The van der Waals surface area contributed by atoms with Gasteiger partial charge in [0.2, 0.25) is 5.91 Å². The zero-order chi connectivity index (χ0) is 19.5. The number of nitrogens with zero attached hydrogens (tertiary/aromatic N) is 5. The number of carbonyl (C=O) groups is 2. The van der Waals surface area contributed by atoms with Crippen LogP contribution in [-0.2, 0) is 4.79 Å². The topological polar surface area (TPSA) is 61.7 Å². The highest BCUT2D eigenvalue weighted by atomic mass is 16.2. The molecule has 0 saturated carbocycles. The first-order valence-corrected chi connectivity index (χ1v) is 10.0. The Kier molecular flexibility index (Phi) is 5.43. The quantitative estimate of drug-likeness (QED) is 0.806. The van der Waals surface area contributed by atoms with Gasteiger partial charge in [0.1, 0.15) is 0 Å². The van der Waals surface area contributed by atoms with Crippen molar-refractivity contribution in [2.24, 2.45) is 0 Å². The van der Waals surface area contributed by atoms with Crippen LogP contribution in [0.4, 0.5) is 0 Å². The first-order valence-electron chi connectivity index (χ1n) is 10.0. The molecule has 0 aliphatic carbocycles. The Morgan fingerprint density at radius 2 is 1.61 bits per heavy atom. The van der Waals surface area contributed by atoms with E-state index in [-0.39, 0.29) is 11.8 Å². The number of piperazine rings is 1. The Labute approximate surface area is 165 Å². The molecule has 7 heteroatoms. The monoisotopic (exact) mass is 381 g/mol. The number of amides is 2. The number of hydrogen-bond donors (Lipinski definition) is 0. The maximum atomic E-state index is 12.9. The molecule has 0 bridgehead atoms. The van der Waals surface area contributed by atoms with Crippen LogP contribution >= 0.6 is 0 Å². The lowest BCUT2D eigenvalue weighted by molar-refractivity contribution is -0.131. The molecule has 2 aliphatic heterocycles. The zero-order valence-corrected chi connectivity index (χ0v) is 16.4. The minimum Gasteiger partial charge on any atom is -0.342 e. The Balaban J connectivity index is 1.35. The second kappa shape index (κ2) is 8.14. The molecule has 2 aromatic rings. The van der Waals surface area contributed by atoms with Crippen molar-refractivity contribution >= 4 is 11.8 Å². The molecule has 1 aromatic heterocycles. The summed E-state index contributed by atoms with van der Waals surface area (Å²) < 4.78 is 1.80. The van der Waals surface area contributed by atoms with Crippen molar-refractivity contribution in [2.45, 2.75) is 19.8 Å². The van der Waals surface area contributed by atoms with E-state index in [0.717, 1.165) is 50.4 Å². The second-order valence-corrected chi connectivity index (χ2v) is 7.57. The normalized spacial score (nSPS) is 17.9. The van der Waals surface area contributed by atoms with Crippen LogP contribution in [0, 0.1) is 6.92 Å². The van der Waals surface area contributed by atoms with E-state index in [1.54, 1.807) is 4.68 Å². The van der Waals surface area contributed by atoms with Gasteiger partial charge in [0.15, 0.2) is 5.69 Å². The van der Waals surface area contributed by atoms with Gasteiger partial charge in [-0.05, 0) is 38.0 Å². The maximum Gasteiger partial charge on any atom is 0.274 e. The summed E-state index contributed by atoms with van der Waals surface area (Å²) in [5.74, 6) is 0.179. The van der Waals surface area contributed by atoms with E-state index in [2.05, 4.69) is 10.00 Å². The summed E-state index contributed by atoms with van der Waals surface area (Å²) in [6.07, 6.45) is 2.23. The number of likely N-dealkylation sites (tertiary alicyclic amines) is 1. The summed E-state index contributed by atoms with van der Waals surface area (Å²) in [4.78, 5) is 31.2. The lowest BCUT2D eigenvalue weighted by Crippen LogP contribution is -2.51. The van der Waals surface area contributed by atoms with Gasteiger partial charge in [-0.3, -0.25) is 14.5 Å². The van der Waals surface area contributed by atoms with Crippen molar-refractivity contribution in [2.75, 3.05) is 45.8 Å². The molecule has 2 amide bonds. The fourth-order valence-corrected chi connectivity index (χ4v) is 3.94. The molecule has 28 heavy (non-hydrogen) atoms. The fourth-order valence-electron chi connectivity index (χ4n) is 3.94. The lowest BCUT2D eigenvalue weighted by Gasteiger charge is -2.34. The van der Waals surface area contributed by atoms with E-state index in [1.807, 2.05) is 53.1 Å². The van der Waals surface area contributed by atoms with Gasteiger partial charge in [-0.15, -0.1) is 0 Å². The molecule has 7 nitrogen and oxygen atoms in total. The van der Waals surface area contributed by atoms with Crippen LogP contribution in [0.25, 0.3) is 5.69 Å². The van der Waals surface area contributed by atoms with Crippen LogP contribution in [0.5, 0.6) is 0 Å². The Morgan fingerprint density at radius 1 is 0.929 bits per heavy atom. The summed E-state index contributed by atoms with van der Waals surface area (Å²) in [5.41, 5.74) is 2.36. The number of aromatic nitrogens is 2. The van der Waals surface area contributed by atoms with Crippen molar-refractivity contribution in [3.8, 4) is 5.69 Å². The van der Waals surface area contributed by atoms with Crippen molar-refractivity contribution < 1.29 is 9.59 Å². The van der Waals surface area contributed by atoms with Gasteiger partial charge in [0, 0.05) is 45.0 Å². The second-order valence-electron chi connectivity index (χ2n) is 7.57. The summed E-state index contributed by atoms with van der Waals surface area (Å²) in [6.45, 7) is 6.91. The lowest BCUT2D eigenvalue weighted by atomic mass is 10.2. The average Bonchev–Trinajstić information content (AvgIpc) is 3.39. The number of carbonyl (C=O) groups excluding carboxylic acids is 2. The Morgan fingerprint density at radius 3 is 2.29 bits per heavy atom. The molecular weight excluding hydrogens is 354 g/mol. The van der Waals surface area contributed by atoms with Crippen LogP contribution < -0.4 is 0 Å². The molecule has 4 rings (SSSR count). The van der Waals surface area contributed by atoms with Crippen LogP contribution in [0.1, 0.15) is 29.0 Å². The highest BCUT2D eigenvalue weighted by Crippen LogP contribution is 2.15. The van der Waals surface area contributed by atoms with Crippen LogP contribution in [0.15, 0.2) is 36.4 Å². The third-order valence-corrected chi connectivity index (χ3v) is 5.58. The smallest absolute Gasteiger partial charge is 0.274 e. The van der Waals surface area contributed by atoms with E-state index in [0.29, 0.717) is 25.3 Å². The van der Waals surface area contributed by atoms with Crippen molar-refractivity contribution in [1.82, 2.24) is 24.5 Å². The van der Waals surface area contributed by atoms with Crippen molar-refractivity contribution in [3.05, 3.63) is 47.8 Å². The standard InChI is InChI=1S/C21H27N5O2/c1-17-15-19(22-26(17)18-7-3-2-4-8-18)21(28)25-13-11-23(12-14-25)16-20(27)24-9-5-6-10-24/h2-4,7-8,15H,5-6,9-14,16H2,1H3. The summed E-state index contributed by atoms with van der Waals surface area (Å²) in [6, 6.07) is 11.7. The van der Waals surface area contributed by atoms with E-state index in [4.69, 9.17) is 0 Å². The number of rotatable bonds is 4. The molecule has 0 spiro atoms. The summed E-state index contributed by atoms with van der Waals surface area (Å²) in [7, 11) is 0. The Hall–Kier alpha value is -2.67. The minimum atomic E-state index is -0.0386. The predicted octanol–water partition coefficient (Wildman–Crippen LogP) is 1.56. The van der Waals surface area contributed by atoms with Gasteiger partial charge >= 0.3 is 0 Å². The van der Waals surface area contributed by atoms with Gasteiger partial charge in [0.05, 0.1) is 12.2 Å². The molecule has 2 aliphatic rings. The van der Waals surface area contributed by atoms with E-state index >= 15 is 0 Å². The van der Waals surface area contributed by atoms with E-state index in [1.165, 1.54) is 0 Å². The Bertz CT molecular complexity index is 834. The highest BCUT2D eigenvalue weighted by molar-refractivity contribution is 5.92. The molecule has 0 radical (unpaired) electrons. The third kappa shape index (κ3) is 3.94. The molecule has 0 unspecified atom stereocenters.